The van der Waals surface area contributed by atoms with Crippen molar-refractivity contribution in [1.82, 2.24) is 10.3 Å². The number of piperidine rings is 1. The highest BCUT2D eigenvalue weighted by Crippen LogP contribution is 2.18. The molecule has 0 saturated carbocycles. The summed E-state index contributed by atoms with van der Waals surface area (Å²) < 4.78 is 0. The van der Waals surface area contributed by atoms with E-state index in [9.17, 15) is 14.4 Å². The van der Waals surface area contributed by atoms with Crippen molar-refractivity contribution >= 4 is 23.5 Å². The molecule has 2 aliphatic heterocycles. The molecule has 0 aromatic heterocycles. The van der Waals surface area contributed by atoms with E-state index in [2.05, 4.69) is 10.5 Å². The average molecular weight is 239 g/mol. The molecular weight excluding hydrogens is 226 g/mol. The first-order valence-corrected chi connectivity index (χ1v) is 5.45. The molecule has 2 N–H and O–H groups in total. The lowest BCUT2D eigenvalue weighted by atomic mass is 9.97. The number of nitrogens with zero attached hydrogens (tertiary/aromatic N) is 2. The van der Waals surface area contributed by atoms with Gasteiger partial charge in [-0.25, -0.2) is 5.43 Å². The van der Waals surface area contributed by atoms with Gasteiger partial charge < -0.3 is 10.0 Å². The third-order valence-corrected chi connectivity index (χ3v) is 3.02. The number of carbonyl (C=O) groups excluding carboxylic acids is 2. The number of amides is 2. The summed E-state index contributed by atoms with van der Waals surface area (Å²) in [5.74, 6) is -1.74. The van der Waals surface area contributed by atoms with Crippen LogP contribution >= 0.6 is 0 Å². The first kappa shape index (κ1) is 11.6. The van der Waals surface area contributed by atoms with E-state index in [0.29, 0.717) is 25.9 Å². The normalized spacial score (nSPS) is 21.1. The van der Waals surface area contributed by atoms with Crippen LogP contribution in [0.15, 0.2) is 5.10 Å². The van der Waals surface area contributed by atoms with E-state index < -0.39 is 5.97 Å². The number of nitrogens with one attached hydrogen (secondary N) is 1. The number of carboxylic acids is 1. The van der Waals surface area contributed by atoms with Gasteiger partial charge in [-0.3, -0.25) is 14.4 Å². The second-order valence-electron chi connectivity index (χ2n) is 4.17. The Morgan fingerprint density at radius 3 is 2.47 bits per heavy atom. The zero-order valence-corrected chi connectivity index (χ0v) is 9.18. The lowest BCUT2D eigenvalue weighted by Crippen LogP contribution is -2.43. The van der Waals surface area contributed by atoms with Gasteiger partial charge in [0.25, 0.3) is 5.91 Å². The third kappa shape index (κ3) is 2.43. The Hall–Kier alpha value is -1.92. The van der Waals surface area contributed by atoms with Gasteiger partial charge in [-0.2, -0.15) is 5.10 Å². The molecule has 1 saturated heterocycles. The Morgan fingerprint density at radius 1 is 1.35 bits per heavy atom. The van der Waals surface area contributed by atoms with Gasteiger partial charge in [0.05, 0.1) is 12.3 Å². The summed E-state index contributed by atoms with van der Waals surface area (Å²) in [6.45, 7) is 0.812. The van der Waals surface area contributed by atoms with Crippen molar-refractivity contribution < 1.29 is 19.5 Å². The van der Waals surface area contributed by atoms with Gasteiger partial charge in [-0.1, -0.05) is 0 Å². The maximum absolute atomic E-state index is 11.9. The second kappa shape index (κ2) is 4.52. The zero-order chi connectivity index (χ0) is 12.4. The van der Waals surface area contributed by atoms with Gasteiger partial charge in [-0.05, 0) is 12.8 Å². The molecule has 0 spiro atoms. The predicted molar refractivity (Wildman–Crippen MR) is 57.1 cm³/mol. The predicted octanol–water partition coefficient (Wildman–Crippen LogP) is -0.814. The fourth-order valence-electron chi connectivity index (χ4n) is 2.00. The topological polar surface area (TPSA) is 99.1 Å². The van der Waals surface area contributed by atoms with Crippen LogP contribution in [0.1, 0.15) is 19.3 Å². The Balaban J connectivity index is 1.91. The molecule has 0 aromatic carbocycles. The largest absolute Gasteiger partial charge is 0.481 e. The molecule has 2 rings (SSSR count). The van der Waals surface area contributed by atoms with E-state index in [1.165, 1.54) is 0 Å². The van der Waals surface area contributed by atoms with Crippen LogP contribution in [0.25, 0.3) is 0 Å². The molecule has 0 bridgehead atoms. The highest BCUT2D eigenvalue weighted by molar-refractivity contribution is 6.43. The maximum Gasteiger partial charge on any atom is 0.306 e. The van der Waals surface area contributed by atoms with E-state index in [1.54, 1.807) is 4.90 Å². The second-order valence-corrected chi connectivity index (χ2v) is 4.17. The van der Waals surface area contributed by atoms with Gasteiger partial charge in [0.15, 0.2) is 0 Å². The summed E-state index contributed by atoms with van der Waals surface area (Å²) in [6.07, 6.45) is 0.920. The summed E-state index contributed by atoms with van der Waals surface area (Å²) >= 11 is 0. The van der Waals surface area contributed by atoms with Gasteiger partial charge >= 0.3 is 5.97 Å². The van der Waals surface area contributed by atoms with Crippen LogP contribution in [0.3, 0.4) is 0 Å². The molecule has 0 aromatic rings. The molecule has 7 nitrogen and oxygen atoms in total. The molecule has 1 fully saturated rings. The molecule has 0 unspecified atom stereocenters. The van der Waals surface area contributed by atoms with Gasteiger partial charge in [-0.15, -0.1) is 0 Å². The fourth-order valence-corrected chi connectivity index (χ4v) is 2.00. The first-order valence-electron chi connectivity index (χ1n) is 5.45. The number of aliphatic carboxylic acids is 1. The van der Waals surface area contributed by atoms with Crippen molar-refractivity contribution in [2.45, 2.75) is 19.3 Å². The minimum absolute atomic E-state index is 0.0116. The highest BCUT2D eigenvalue weighted by Gasteiger charge is 2.31. The van der Waals surface area contributed by atoms with E-state index in [1.807, 2.05) is 0 Å². The minimum atomic E-state index is -0.813. The molecule has 92 valence electrons. The summed E-state index contributed by atoms with van der Waals surface area (Å²) in [7, 11) is 0. The molecule has 2 heterocycles. The number of carbonyl (C=O) groups is 3. The standard InChI is InChI=1S/C10H13N3O4/c14-8-5-7(11-12-8)9(15)13-3-1-6(2-4-13)10(16)17/h6H,1-5H2,(H,12,14)(H,16,17). The van der Waals surface area contributed by atoms with E-state index in [-0.39, 0.29) is 29.9 Å². The summed E-state index contributed by atoms with van der Waals surface area (Å²) in [4.78, 5) is 35.1. The van der Waals surface area contributed by atoms with Crippen LogP contribution in [0, 0.1) is 5.92 Å². The van der Waals surface area contributed by atoms with Crippen molar-refractivity contribution in [1.29, 1.82) is 0 Å². The van der Waals surface area contributed by atoms with Crippen LogP contribution in [0.5, 0.6) is 0 Å². The quantitative estimate of drug-likeness (QED) is 0.658. The number of likely N-dealkylation sites (tertiary alicyclic amines) is 1. The third-order valence-electron chi connectivity index (χ3n) is 3.02. The van der Waals surface area contributed by atoms with E-state index in [0.717, 1.165) is 0 Å². The van der Waals surface area contributed by atoms with Crippen LogP contribution in [0.2, 0.25) is 0 Å². The number of hydrogen-bond acceptors (Lipinski definition) is 4. The van der Waals surface area contributed by atoms with Crippen molar-refractivity contribution in [2.75, 3.05) is 13.1 Å². The minimum Gasteiger partial charge on any atom is -0.481 e. The molecule has 2 aliphatic rings. The first-order chi connectivity index (χ1) is 8.08. The number of hydrogen-bond donors (Lipinski definition) is 2. The lowest BCUT2D eigenvalue weighted by Gasteiger charge is -2.29. The fraction of sp³-hybridized carbons (Fsp3) is 0.600. The highest BCUT2D eigenvalue weighted by atomic mass is 16.4. The van der Waals surface area contributed by atoms with E-state index >= 15 is 0 Å². The van der Waals surface area contributed by atoms with Crippen molar-refractivity contribution in [3.8, 4) is 0 Å². The molecule has 0 aliphatic carbocycles. The maximum atomic E-state index is 11.9. The van der Waals surface area contributed by atoms with E-state index in [4.69, 9.17) is 5.11 Å². The van der Waals surface area contributed by atoms with Crippen LogP contribution in [-0.2, 0) is 14.4 Å². The number of rotatable bonds is 2. The Kier molecular flexibility index (Phi) is 3.08. The van der Waals surface area contributed by atoms with Crippen LogP contribution in [-0.4, -0.2) is 46.6 Å². The van der Waals surface area contributed by atoms with Crippen LogP contribution in [0.4, 0.5) is 0 Å². The summed E-state index contributed by atoms with van der Waals surface area (Å²) in [5, 5.41) is 12.5. The molecule has 2 amide bonds. The molecular formula is C10H13N3O4. The smallest absolute Gasteiger partial charge is 0.306 e. The van der Waals surface area contributed by atoms with Crippen molar-refractivity contribution in [3.63, 3.8) is 0 Å². The summed E-state index contributed by atoms with van der Waals surface area (Å²) in [6, 6.07) is 0. The van der Waals surface area contributed by atoms with Gasteiger partial charge in [0, 0.05) is 13.1 Å². The molecule has 7 heteroatoms. The molecule has 0 atom stereocenters. The monoisotopic (exact) mass is 239 g/mol. The average Bonchev–Trinajstić information content (AvgIpc) is 2.75. The molecule has 17 heavy (non-hydrogen) atoms. The number of carboxylic acid groups (broad SMARTS) is 1. The van der Waals surface area contributed by atoms with Crippen LogP contribution < -0.4 is 5.43 Å². The SMILES string of the molecule is O=C1CC(C(=O)N2CCC(C(=O)O)CC2)=NN1. The van der Waals surface area contributed by atoms with Gasteiger partial charge in [0.1, 0.15) is 5.71 Å². The Morgan fingerprint density at radius 2 is 2.00 bits per heavy atom. The lowest BCUT2D eigenvalue weighted by molar-refractivity contribution is -0.144. The van der Waals surface area contributed by atoms with Gasteiger partial charge in [0.2, 0.25) is 5.91 Å². The molecule has 0 radical (unpaired) electrons. The Labute approximate surface area is 97.5 Å². The van der Waals surface area contributed by atoms with Crippen molar-refractivity contribution in [2.24, 2.45) is 11.0 Å². The Bertz CT molecular complexity index is 396. The summed E-state index contributed by atoms with van der Waals surface area (Å²) in [5.41, 5.74) is 2.44. The van der Waals surface area contributed by atoms with Crippen molar-refractivity contribution in [3.05, 3.63) is 0 Å². The zero-order valence-electron chi connectivity index (χ0n) is 9.18. The number of hydrazone groups is 1.